The number of sulfone groups is 1. The number of carboxylic acids is 1. The van der Waals surface area contributed by atoms with E-state index in [0.717, 1.165) is 6.26 Å². The quantitative estimate of drug-likeness (QED) is 0.410. The molecule has 2 heterocycles. The number of aromatic carboxylic acids is 1. The number of aryl methyl sites for hydroxylation is 1. The normalized spacial score (nSPS) is 12.7. The van der Waals surface area contributed by atoms with Gasteiger partial charge in [0.15, 0.2) is 21.4 Å². The first-order chi connectivity index (χ1) is 17.8. The van der Waals surface area contributed by atoms with Gasteiger partial charge in [-0.05, 0) is 36.8 Å². The largest absolute Gasteiger partial charge is 0.494 e. The second kappa shape index (κ2) is 11.4. The van der Waals surface area contributed by atoms with Gasteiger partial charge in [0, 0.05) is 30.9 Å². The number of rotatable bonds is 6. The fraction of sp³-hybridized carbons (Fsp3) is 0.250. The maximum absolute atomic E-state index is 12.8. The molecule has 0 unspecified atom stereocenters. The van der Waals surface area contributed by atoms with Gasteiger partial charge in [0.1, 0.15) is 17.7 Å². The van der Waals surface area contributed by atoms with Crippen LogP contribution in [0, 0.1) is 6.92 Å². The summed E-state index contributed by atoms with van der Waals surface area (Å²) in [6.45, 7) is 2.02. The first-order valence-corrected chi connectivity index (χ1v) is 13.5. The van der Waals surface area contributed by atoms with Gasteiger partial charge in [-0.1, -0.05) is 28.4 Å². The molecule has 202 valence electrons. The van der Waals surface area contributed by atoms with Crippen LogP contribution in [0.5, 0.6) is 11.6 Å². The molecule has 4 rings (SSSR count). The van der Waals surface area contributed by atoms with E-state index in [1.807, 2.05) is 0 Å². The van der Waals surface area contributed by atoms with Gasteiger partial charge in [-0.15, -0.1) is 0 Å². The lowest BCUT2D eigenvalue weighted by molar-refractivity contribution is 0.0693. The third-order valence-electron chi connectivity index (χ3n) is 5.59. The molecule has 0 bridgehead atoms. The van der Waals surface area contributed by atoms with Crippen molar-refractivity contribution in [1.29, 1.82) is 0 Å². The minimum Gasteiger partial charge on any atom is -0.494 e. The van der Waals surface area contributed by atoms with Gasteiger partial charge in [0.05, 0.1) is 34.0 Å². The number of halogens is 2. The topological polar surface area (TPSA) is 157 Å². The lowest BCUT2D eigenvalue weighted by atomic mass is 9.93. The molecule has 0 spiro atoms. The van der Waals surface area contributed by atoms with E-state index in [1.54, 1.807) is 6.92 Å². The zero-order valence-electron chi connectivity index (χ0n) is 20.7. The third kappa shape index (κ3) is 5.77. The van der Waals surface area contributed by atoms with E-state index in [1.165, 1.54) is 49.3 Å². The number of aromatic hydroxyl groups is 1. The van der Waals surface area contributed by atoms with Crippen LogP contribution in [-0.4, -0.2) is 65.8 Å². The number of benzene rings is 2. The smallest absolute Gasteiger partial charge is 0.341 e. The number of ketones is 1. The molecule has 2 aromatic carbocycles. The Kier molecular flexibility index (Phi) is 8.70. The van der Waals surface area contributed by atoms with E-state index >= 15 is 0 Å². The molecule has 0 saturated carbocycles. The maximum Gasteiger partial charge on any atom is 0.341 e. The average molecular weight is 584 g/mol. The Labute approximate surface area is 228 Å². The summed E-state index contributed by atoms with van der Waals surface area (Å²) in [6.07, 6.45) is 2.84. The van der Waals surface area contributed by atoms with Crippen LogP contribution in [0.25, 0.3) is 0 Å². The number of aromatic nitrogens is 2. The number of methoxy groups -OCH3 is 1. The molecule has 1 aliphatic heterocycles. The van der Waals surface area contributed by atoms with E-state index in [0.29, 0.717) is 29.9 Å². The molecule has 0 aliphatic carbocycles. The van der Waals surface area contributed by atoms with Gasteiger partial charge in [-0.3, -0.25) is 4.79 Å². The molecule has 0 fully saturated rings. The van der Waals surface area contributed by atoms with Crippen LogP contribution in [0.15, 0.2) is 40.5 Å². The Morgan fingerprint density at radius 3 is 2.26 bits per heavy atom. The highest BCUT2D eigenvalue weighted by Crippen LogP contribution is 2.33. The van der Waals surface area contributed by atoms with Crippen LogP contribution in [0.3, 0.4) is 0 Å². The molecular formula is C24H23Cl2N3O8S. The van der Waals surface area contributed by atoms with Crippen LogP contribution in [-0.2, 0) is 21.7 Å². The molecule has 3 aromatic rings. The number of oxime groups is 1. The maximum atomic E-state index is 12.8. The highest BCUT2D eigenvalue weighted by atomic mass is 35.5. The number of hydrogen-bond acceptors (Lipinski definition) is 9. The van der Waals surface area contributed by atoms with E-state index in [4.69, 9.17) is 37.9 Å². The molecule has 0 radical (unpaired) electrons. The standard InChI is InChI=1S/C16H17N3O5S.C8H6Cl2O3/c1-9-10(15(20)11-8-17-19(2)16(11)21)4-5-13(25(3,22)23)14(9)12-6-7-24-18-12;1-13-7-5(10)3-2-4(9)6(7)8(11)12/h4-5,8,21H,6-7H2,1-3H3;2-3H,1H3,(H,11,12). The second-order valence-electron chi connectivity index (χ2n) is 8.08. The fourth-order valence-electron chi connectivity index (χ4n) is 3.75. The zero-order chi connectivity index (χ0) is 28.4. The minimum atomic E-state index is -3.52. The van der Waals surface area contributed by atoms with Crippen LogP contribution >= 0.6 is 23.2 Å². The van der Waals surface area contributed by atoms with Gasteiger partial charge >= 0.3 is 5.97 Å². The number of carbonyl (C=O) groups is 2. The molecule has 0 saturated heterocycles. The Hall–Kier alpha value is -3.61. The molecule has 0 atom stereocenters. The summed E-state index contributed by atoms with van der Waals surface area (Å²) in [6, 6.07) is 5.73. The molecule has 11 nitrogen and oxygen atoms in total. The lowest BCUT2D eigenvalue weighted by Crippen LogP contribution is -2.14. The zero-order valence-corrected chi connectivity index (χ0v) is 23.0. The van der Waals surface area contributed by atoms with Crippen molar-refractivity contribution in [3.05, 3.63) is 68.3 Å². The van der Waals surface area contributed by atoms with Gasteiger partial charge in [0.2, 0.25) is 5.88 Å². The Bertz CT molecular complexity index is 1570. The average Bonchev–Trinajstić information content (AvgIpc) is 3.49. The van der Waals surface area contributed by atoms with E-state index in [9.17, 15) is 23.1 Å². The molecular weight excluding hydrogens is 561 g/mol. The Balaban J connectivity index is 0.000000260. The summed E-state index contributed by atoms with van der Waals surface area (Å²) in [5, 5.41) is 26.8. The molecule has 1 aliphatic rings. The first kappa shape index (κ1) is 29.0. The van der Waals surface area contributed by atoms with Crippen molar-refractivity contribution in [2.75, 3.05) is 20.0 Å². The van der Waals surface area contributed by atoms with Crippen molar-refractivity contribution >= 4 is 50.5 Å². The van der Waals surface area contributed by atoms with Crippen molar-refractivity contribution in [3.63, 3.8) is 0 Å². The van der Waals surface area contributed by atoms with Crippen molar-refractivity contribution in [3.8, 4) is 11.6 Å². The summed E-state index contributed by atoms with van der Waals surface area (Å²) < 4.78 is 30.3. The number of carbonyl (C=O) groups excluding carboxylic acids is 1. The lowest BCUT2D eigenvalue weighted by Gasteiger charge is -2.14. The third-order valence-corrected chi connectivity index (χ3v) is 7.34. The molecule has 14 heteroatoms. The van der Waals surface area contributed by atoms with Crippen molar-refractivity contribution < 1.29 is 37.8 Å². The molecule has 1 aromatic heterocycles. The SMILES string of the molecule is COc1c(Cl)ccc(Cl)c1C(=O)O.Cc1c(C(=O)c2cnn(C)c2O)ccc(S(C)(=O)=O)c1C1=NOCC1. The van der Waals surface area contributed by atoms with Crippen molar-refractivity contribution in [2.24, 2.45) is 12.2 Å². The van der Waals surface area contributed by atoms with Gasteiger partial charge < -0.3 is 19.8 Å². The van der Waals surface area contributed by atoms with Crippen LogP contribution in [0.1, 0.15) is 43.8 Å². The summed E-state index contributed by atoms with van der Waals surface area (Å²) in [7, 11) is -0.665. The molecule has 0 amide bonds. The second-order valence-corrected chi connectivity index (χ2v) is 10.9. The molecule has 38 heavy (non-hydrogen) atoms. The summed E-state index contributed by atoms with van der Waals surface area (Å²) in [4.78, 5) is 28.6. The summed E-state index contributed by atoms with van der Waals surface area (Å²) >= 11 is 11.4. The summed E-state index contributed by atoms with van der Waals surface area (Å²) in [5.74, 6) is -1.77. The minimum absolute atomic E-state index is 0.0493. The van der Waals surface area contributed by atoms with Gasteiger partial charge in [-0.25, -0.2) is 17.9 Å². The number of nitrogens with zero attached hydrogens (tertiary/aromatic N) is 3. The van der Waals surface area contributed by atoms with Gasteiger partial charge in [-0.2, -0.15) is 5.10 Å². The van der Waals surface area contributed by atoms with Gasteiger partial charge in [0.25, 0.3) is 0 Å². The van der Waals surface area contributed by atoms with Crippen molar-refractivity contribution in [2.45, 2.75) is 18.2 Å². The van der Waals surface area contributed by atoms with E-state index < -0.39 is 21.6 Å². The van der Waals surface area contributed by atoms with E-state index in [-0.39, 0.29) is 43.3 Å². The predicted molar refractivity (Wildman–Crippen MR) is 140 cm³/mol. The van der Waals surface area contributed by atoms with Crippen LogP contribution in [0.2, 0.25) is 10.0 Å². The highest BCUT2D eigenvalue weighted by molar-refractivity contribution is 7.90. The van der Waals surface area contributed by atoms with E-state index in [2.05, 4.69) is 10.3 Å². The number of hydrogen-bond donors (Lipinski definition) is 2. The van der Waals surface area contributed by atoms with Crippen LogP contribution < -0.4 is 4.74 Å². The fourth-order valence-corrected chi connectivity index (χ4v) is 5.17. The monoisotopic (exact) mass is 583 g/mol. The Morgan fingerprint density at radius 1 is 1.13 bits per heavy atom. The first-order valence-electron chi connectivity index (χ1n) is 10.8. The van der Waals surface area contributed by atoms with Crippen LogP contribution in [0.4, 0.5) is 0 Å². The molecule has 2 N–H and O–H groups in total. The Morgan fingerprint density at radius 2 is 1.79 bits per heavy atom. The number of carboxylic acid groups (broad SMARTS) is 1. The predicted octanol–water partition coefficient (Wildman–Crippen LogP) is 3.89. The number of ether oxygens (including phenoxy) is 1. The van der Waals surface area contributed by atoms with Crippen molar-refractivity contribution in [1.82, 2.24) is 9.78 Å². The highest BCUT2D eigenvalue weighted by Gasteiger charge is 2.27. The summed E-state index contributed by atoms with van der Waals surface area (Å²) in [5.41, 5.74) is 1.56.